The van der Waals surface area contributed by atoms with Crippen LogP contribution in [0.2, 0.25) is 0 Å². The fraction of sp³-hybridized carbons (Fsp3) is 0.739. The third kappa shape index (κ3) is 31.3. The molecule has 310 valence electrons. The van der Waals surface area contributed by atoms with Crippen LogP contribution < -0.4 is 29.6 Å². The maximum atomic E-state index is 12.9. The summed E-state index contributed by atoms with van der Waals surface area (Å²) in [6.45, 7) is 4.86. The number of benzene rings is 1. The van der Waals surface area contributed by atoms with Crippen LogP contribution in [0.4, 0.5) is 0 Å². The summed E-state index contributed by atoms with van der Waals surface area (Å²) in [6.07, 6.45) is 45.0. The van der Waals surface area contributed by atoms with Gasteiger partial charge in [-0.15, -0.1) is 0 Å². The van der Waals surface area contributed by atoms with Gasteiger partial charge < -0.3 is 14.0 Å². The monoisotopic (exact) mass is 797 g/mol. The number of allylic oxidation sites excluding steroid dienone is 4. The molecule has 1 rings (SSSR count). The van der Waals surface area contributed by atoms with Crippen LogP contribution in [0.25, 0.3) is 0 Å². The number of hydrogen-bond acceptors (Lipinski definition) is 7. The van der Waals surface area contributed by atoms with Gasteiger partial charge in [-0.25, -0.2) is 18.0 Å². The summed E-state index contributed by atoms with van der Waals surface area (Å²) in [5.41, 5.74) is -0.344. The van der Waals surface area contributed by atoms with Gasteiger partial charge in [0.1, 0.15) is 10.1 Å². The fourth-order valence-electron chi connectivity index (χ4n) is 6.56. The average Bonchev–Trinajstić information content (AvgIpc) is 3.16. The molecule has 1 aromatic rings. The van der Waals surface area contributed by atoms with Crippen molar-refractivity contribution in [2.75, 3.05) is 13.2 Å². The van der Waals surface area contributed by atoms with Crippen LogP contribution in [0.3, 0.4) is 0 Å². The fourth-order valence-corrected chi connectivity index (χ4v) is 7.06. The third-order valence-electron chi connectivity index (χ3n) is 10.00. The van der Waals surface area contributed by atoms with Gasteiger partial charge in [-0.1, -0.05) is 167 Å². The van der Waals surface area contributed by atoms with Crippen LogP contribution in [0.1, 0.15) is 227 Å². The predicted octanol–water partition coefficient (Wildman–Crippen LogP) is 10.8. The molecule has 0 saturated heterocycles. The third-order valence-corrected chi connectivity index (χ3v) is 10.8. The maximum Gasteiger partial charge on any atom is 1.00 e. The predicted molar refractivity (Wildman–Crippen MR) is 223 cm³/mol. The van der Waals surface area contributed by atoms with Crippen molar-refractivity contribution in [2.45, 2.75) is 211 Å². The first kappa shape index (κ1) is 53.6. The summed E-state index contributed by atoms with van der Waals surface area (Å²) >= 11 is 0. The van der Waals surface area contributed by atoms with Crippen LogP contribution in [-0.2, 0) is 19.6 Å². The smallest absolute Gasteiger partial charge is 0.744 e. The molecule has 0 saturated carbocycles. The molecular formula is C46H77NaO7S. The summed E-state index contributed by atoms with van der Waals surface area (Å²) in [4.78, 5) is 25.2. The minimum Gasteiger partial charge on any atom is -0.744 e. The van der Waals surface area contributed by atoms with Crippen LogP contribution in [-0.4, -0.2) is 38.1 Å². The quantitative estimate of drug-likeness (QED) is 0.0217. The van der Waals surface area contributed by atoms with Crippen LogP contribution in [0, 0.1) is 0 Å². The second-order valence-electron chi connectivity index (χ2n) is 15.0. The molecule has 9 heteroatoms. The molecule has 0 radical (unpaired) electrons. The van der Waals surface area contributed by atoms with Crippen molar-refractivity contribution < 1.29 is 61.6 Å². The van der Waals surface area contributed by atoms with Crippen molar-refractivity contribution in [3.05, 3.63) is 53.6 Å². The van der Waals surface area contributed by atoms with Gasteiger partial charge in [-0.3, -0.25) is 0 Å². The number of esters is 2. The largest absolute Gasteiger partial charge is 1.00 e. The number of carbonyl (C=O) groups is 2. The second kappa shape index (κ2) is 38.1. The van der Waals surface area contributed by atoms with Crippen LogP contribution >= 0.6 is 0 Å². The minimum atomic E-state index is -4.82. The standard InChI is InChI=1S/C46H78O7S.Na/c1-3-5-7-9-11-13-15-17-19-21-23-25-27-29-31-33-35-39-52-45(47)43-38-37-42(54(49,50)51)41-44(43)46(48)53-40-36-34-32-30-28-26-24-22-20-18-16-14-12-10-8-6-4-2;/h15-18,37-38,41H,3-14,19-36,39-40H2,1-2H3,(H,49,50,51);/q;+1/p-1/b17-15+,18-16+;. The molecule has 0 aromatic heterocycles. The first-order valence-corrected chi connectivity index (χ1v) is 23.5. The molecule has 0 aliphatic carbocycles. The Hall–Kier alpha value is -1.45. The molecule has 1 aromatic carbocycles. The molecule has 0 aliphatic heterocycles. The normalized spacial score (nSPS) is 11.7. The molecule has 0 fully saturated rings. The van der Waals surface area contributed by atoms with Crippen LogP contribution in [0.5, 0.6) is 0 Å². The van der Waals surface area contributed by atoms with E-state index in [0.717, 1.165) is 50.7 Å². The Morgan fingerprint density at radius 3 is 1.15 bits per heavy atom. The van der Waals surface area contributed by atoms with Gasteiger partial charge in [0.15, 0.2) is 0 Å². The van der Waals surface area contributed by atoms with Crippen molar-refractivity contribution >= 4 is 22.1 Å². The van der Waals surface area contributed by atoms with Crippen molar-refractivity contribution in [2.24, 2.45) is 0 Å². The Balaban J connectivity index is 0.0000292. The zero-order valence-electron chi connectivity index (χ0n) is 35.4. The van der Waals surface area contributed by atoms with Gasteiger partial charge in [-0.05, 0) is 82.4 Å². The Morgan fingerprint density at radius 2 is 0.800 bits per heavy atom. The molecule has 0 spiro atoms. The zero-order valence-corrected chi connectivity index (χ0v) is 38.3. The molecule has 0 unspecified atom stereocenters. The Bertz CT molecular complexity index is 1240. The average molecular weight is 797 g/mol. The topological polar surface area (TPSA) is 110 Å². The first-order valence-electron chi connectivity index (χ1n) is 22.0. The molecule has 7 nitrogen and oxygen atoms in total. The van der Waals surface area contributed by atoms with E-state index >= 15 is 0 Å². The van der Waals surface area contributed by atoms with Gasteiger partial charge in [0, 0.05) is 0 Å². The van der Waals surface area contributed by atoms with Gasteiger partial charge in [0.2, 0.25) is 0 Å². The van der Waals surface area contributed by atoms with Crippen molar-refractivity contribution in [1.29, 1.82) is 0 Å². The summed E-state index contributed by atoms with van der Waals surface area (Å²) in [6, 6.07) is 3.13. The van der Waals surface area contributed by atoms with E-state index in [1.54, 1.807) is 0 Å². The summed E-state index contributed by atoms with van der Waals surface area (Å²) in [5.74, 6) is -1.55. The van der Waals surface area contributed by atoms with Gasteiger partial charge in [0.25, 0.3) is 0 Å². The molecule has 0 bridgehead atoms. The number of ether oxygens (including phenoxy) is 2. The van der Waals surface area contributed by atoms with Crippen LogP contribution in [0.15, 0.2) is 47.4 Å². The number of hydrogen-bond donors (Lipinski definition) is 0. The number of carbonyl (C=O) groups excluding carboxylic acids is 2. The molecule has 0 amide bonds. The Kier molecular flexibility index (Phi) is 37.1. The second-order valence-corrected chi connectivity index (χ2v) is 16.4. The molecule has 0 atom stereocenters. The van der Waals surface area contributed by atoms with Crippen molar-refractivity contribution in [1.82, 2.24) is 0 Å². The van der Waals surface area contributed by atoms with E-state index in [4.69, 9.17) is 9.47 Å². The summed E-state index contributed by atoms with van der Waals surface area (Å²) in [7, 11) is -4.82. The Labute approximate surface area is 359 Å². The van der Waals surface area contributed by atoms with E-state index in [9.17, 15) is 22.6 Å². The number of rotatable bonds is 37. The van der Waals surface area contributed by atoms with Gasteiger partial charge in [0.05, 0.1) is 29.2 Å². The van der Waals surface area contributed by atoms with E-state index in [0.29, 0.717) is 12.8 Å². The van der Waals surface area contributed by atoms with Crippen molar-refractivity contribution in [3.8, 4) is 0 Å². The molecule has 0 aliphatic rings. The minimum absolute atomic E-state index is 0. The van der Waals surface area contributed by atoms with E-state index < -0.39 is 27.0 Å². The molecule has 55 heavy (non-hydrogen) atoms. The van der Waals surface area contributed by atoms with E-state index in [2.05, 4.69) is 38.2 Å². The SMILES string of the molecule is CCCCCCC/C=C/CCCCCCCCCCOC(=O)c1ccc(S(=O)(=O)[O-])cc1C(=O)OCCCCCCCCCC/C=C/CCCCCCC.[Na+]. The van der Waals surface area contributed by atoms with Gasteiger partial charge >= 0.3 is 41.5 Å². The molecular weight excluding hydrogens is 720 g/mol. The van der Waals surface area contributed by atoms with Crippen molar-refractivity contribution in [3.63, 3.8) is 0 Å². The zero-order chi connectivity index (χ0) is 39.4. The summed E-state index contributed by atoms with van der Waals surface area (Å²) < 4.78 is 45.8. The Morgan fingerprint density at radius 1 is 0.491 bits per heavy atom. The summed E-state index contributed by atoms with van der Waals surface area (Å²) in [5, 5.41) is 0. The maximum absolute atomic E-state index is 12.9. The van der Waals surface area contributed by atoms with E-state index in [-0.39, 0.29) is 53.9 Å². The van der Waals surface area contributed by atoms with Gasteiger partial charge in [-0.2, -0.15) is 0 Å². The molecule has 0 heterocycles. The molecule has 0 N–H and O–H groups in total. The van der Waals surface area contributed by atoms with E-state index in [1.807, 2.05) is 0 Å². The number of unbranched alkanes of at least 4 members (excludes halogenated alkanes) is 26. The first-order chi connectivity index (χ1) is 26.3. The van der Waals surface area contributed by atoms with E-state index in [1.165, 1.54) is 147 Å².